The summed E-state index contributed by atoms with van der Waals surface area (Å²) in [5, 5.41) is 0.282. The molecule has 0 aromatic heterocycles. The van der Waals surface area contributed by atoms with E-state index in [0.717, 1.165) is 18.4 Å². The zero-order valence-electron chi connectivity index (χ0n) is 17.6. The first-order valence-electron chi connectivity index (χ1n) is 10.1. The maximum Gasteiger partial charge on any atom is 0.192 e. The van der Waals surface area contributed by atoms with E-state index < -0.39 is 8.32 Å². The van der Waals surface area contributed by atoms with Gasteiger partial charge in [0.05, 0.1) is 6.10 Å². The summed E-state index contributed by atoms with van der Waals surface area (Å²) in [6.45, 7) is 13.8. The summed E-state index contributed by atoms with van der Waals surface area (Å²) in [5.41, 5.74) is 3.99. The molecule has 0 N–H and O–H groups in total. The second-order valence-corrected chi connectivity index (χ2v) is 13.9. The second-order valence-electron chi connectivity index (χ2n) is 9.16. The second kappa shape index (κ2) is 9.06. The van der Waals surface area contributed by atoms with Gasteiger partial charge in [-0.2, -0.15) is 0 Å². The van der Waals surface area contributed by atoms with E-state index in [1.807, 2.05) is 0 Å². The van der Waals surface area contributed by atoms with Crippen LogP contribution in [-0.4, -0.2) is 14.4 Å². The summed E-state index contributed by atoms with van der Waals surface area (Å²) in [4.78, 5) is 0. The van der Waals surface area contributed by atoms with Crippen LogP contribution in [0.25, 0.3) is 0 Å². The van der Waals surface area contributed by atoms with Crippen LogP contribution in [0.5, 0.6) is 0 Å². The molecule has 2 heteroatoms. The zero-order chi connectivity index (χ0) is 19.2. The van der Waals surface area contributed by atoms with Crippen molar-refractivity contribution in [2.75, 3.05) is 0 Å². The van der Waals surface area contributed by atoms with Crippen LogP contribution >= 0.6 is 0 Å². The number of hydrogen-bond donors (Lipinski definition) is 0. The Morgan fingerprint density at radius 2 is 1.85 bits per heavy atom. The third-order valence-electron chi connectivity index (χ3n) is 5.74. The normalized spacial score (nSPS) is 18.1. The molecule has 0 fully saturated rings. The number of benzene rings is 1. The molecule has 1 aromatic carbocycles. The first kappa shape index (κ1) is 21.0. The minimum absolute atomic E-state index is 0.282. The lowest BCUT2D eigenvalue weighted by molar-refractivity contribution is 0.204. The monoisotopic (exact) mass is 368 g/mol. The summed E-state index contributed by atoms with van der Waals surface area (Å²) in [6, 6.07) is 8.46. The van der Waals surface area contributed by atoms with Gasteiger partial charge in [-0.25, -0.2) is 0 Å². The molecule has 1 nitrogen and oxygen atoms in total. The number of aryl methyl sites for hydroxylation is 1. The lowest BCUT2D eigenvalue weighted by atomic mass is 9.94. The molecular weight excluding hydrogens is 332 g/mol. The quantitative estimate of drug-likeness (QED) is 0.235. The van der Waals surface area contributed by atoms with E-state index in [2.05, 4.69) is 83.0 Å². The Morgan fingerprint density at radius 1 is 1.15 bits per heavy atom. The van der Waals surface area contributed by atoms with Gasteiger partial charge >= 0.3 is 0 Å². The Morgan fingerprint density at radius 3 is 2.50 bits per heavy atom. The van der Waals surface area contributed by atoms with Crippen molar-refractivity contribution < 1.29 is 4.43 Å². The molecule has 1 unspecified atom stereocenters. The van der Waals surface area contributed by atoms with E-state index in [-0.39, 0.29) is 5.04 Å². The van der Waals surface area contributed by atoms with Crippen molar-refractivity contribution in [3.8, 4) is 11.8 Å². The molecule has 0 amide bonds. The van der Waals surface area contributed by atoms with Crippen LogP contribution in [0, 0.1) is 18.8 Å². The molecule has 2 rings (SSSR count). The highest BCUT2D eigenvalue weighted by Crippen LogP contribution is 2.39. The molecule has 1 atom stereocenters. The number of hydrogen-bond acceptors (Lipinski definition) is 1. The predicted octanol–water partition coefficient (Wildman–Crippen LogP) is 7.02. The molecule has 0 heterocycles. The third-order valence-corrected chi connectivity index (χ3v) is 10.2. The van der Waals surface area contributed by atoms with Gasteiger partial charge in [0, 0.05) is 12.0 Å². The fourth-order valence-corrected chi connectivity index (χ4v) is 4.32. The molecule has 1 aliphatic rings. The van der Waals surface area contributed by atoms with E-state index in [1.165, 1.54) is 31.2 Å². The van der Waals surface area contributed by atoms with E-state index >= 15 is 0 Å². The standard InChI is InChI=1S/C24H36OSi/c1-20-15-17-21(18-16-20)11-8-7-9-12-22-13-10-14-23(19-22)25-26(5,6)24(2,3)4/h15-19,23H,7,9-10,12-14H2,1-6H3. The van der Waals surface area contributed by atoms with Crippen molar-refractivity contribution in [2.24, 2.45) is 0 Å². The molecule has 0 aliphatic heterocycles. The van der Waals surface area contributed by atoms with E-state index in [0.29, 0.717) is 6.10 Å². The van der Waals surface area contributed by atoms with Crippen LogP contribution in [0.2, 0.25) is 18.1 Å². The van der Waals surface area contributed by atoms with Crippen LogP contribution in [0.15, 0.2) is 35.9 Å². The Bertz CT molecular complexity index is 665. The highest BCUT2D eigenvalue weighted by molar-refractivity contribution is 6.74. The molecule has 1 aliphatic carbocycles. The molecule has 0 bridgehead atoms. The summed E-state index contributed by atoms with van der Waals surface area (Å²) >= 11 is 0. The number of allylic oxidation sites excluding steroid dienone is 1. The molecule has 26 heavy (non-hydrogen) atoms. The molecule has 0 radical (unpaired) electrons. The van der Waals surface area contributed by atoms with Gasteiger partial charge in [0.2, 0.25) is 0 Å². The van der Waals surface area contributed by atoms with Gasteiger partial charge < -0.3 is 4.43 Å². The van der Waals surface area contributed by atoms with Gasteiger partial charge in [0.25, 0.3) is 0 Å². The van der Waals surface area contributed by atoms with Crippen LogP contribution in [0.1, 0.15) is 70.4 Å². The lowest BCUT2D eigenvalue weighted by Gasteiger charge is -2.39. The smallest absolute Gasteiger partial charge is 0.192 e. The Labute approximate surface area is 162 Å². The first-order valence-corrected chi connectivity index (χ1v) is 13.0. The van der Waals surface area contributed by atoms with Crippen molar-refractivity contribution >= 4 is 8.32 Å². The van der Waals surface area contributed by atoms with Crippen molar-refractivity contribution in [3.05, 3.63) is 47.0 Å². The summed E-state index contributed by atoms with van der Waals surface area (Å²) < 4.78 is 6.60. The molecule has 142 valence electrons. The van der Waals surface area contributed by atoms with Crippen molar-refractivity contribution in [1.29, 1.82) is 0 Å². The summed E-state index contributed by atoms with van der Waals surface area (Å²) in [7, 11) is -1.67. The van der Waals surface area contributed by atoms with Gasteiger partial charge in [-0.3, -0.25) is 0 Å². The average Bonchev–Trinajstić information content (AvgIpc) is 2.55. The molecule has 0 spiro atoms. The highest BCUT2D eigenvalue weighted by atomic mass is 28.4. The fraction of sp³-hybridized carbons (Fsp3) is 0.583. The van der Waals surface area contributed by atoms with Gasteiger partial charge in [0.15, 0.2) is 8.32 Å². The van der Waals surface area contributed by atoms with Gasteiger partial charge in [0.1, 0.15) is 0 Å². The van der Waals surface area contributed by atoms with Gasteiger partial charge in [-0.1, -0.05) is 62.0 Å². The SMILES string of the molecule is Cc1ccc(C#CCCCC2=CC(O[Si](C)(C)C(C)(C)C)CCC2)cc1. The number of unbranched alkanes of at least 4 members (excludes halogenated alkanes) is 1. The predicted molar refractivity (Wildman–Crippen MR) is 116 cm³/mol. The van der Waals surface area contributed by atoms with Crippen molar-refractivity contribution in [2.45, 2.75) is 90.5 Å². The zero-order valence-corrected chi connectivity index (χ0v) is 18.6. The number of rotatable bonds is 5. The highest BCUT2D eigenvalue weighted by Gasteiger charge is 2.39. The van der Waals surface area contributed by atoms with Gasteiger partial charge in [-0.05, 0) is 69.3 Å². The van der Waals surface area contributed by atoms with Gasteiger partial charge in [-0.15, -0.1) is 0 Å². The average molecular weight is 369 g/mol. The van der Waals surface area contributed by atoms with Crippen LogP contribution in [0.4, 0.5) is 0 Å². The molecule has 0 saturated carbocycles. The fourth-order valence-electron chi connectivity index (χ4n) is 3.02. The first-order chi connectivity index (χ1) is 12.2. The molecule has 1 aromatic rings. The third kappa shape index (κ3) is 6.45. The Balaban J connectivity index is 1.82. The minimum Gasteiger partial charge on any atom is -0.411 e. The largest absolute Gasteiger partial charge is 0.411 e. The van der Waals surface area contributed by atoms with Crippen molar-refractivity contribution in [3.63, 3.8) is 0 Å². The Kier molecular flexibility index (Phi) is 7.32. The Hall–Kier alpha value is -1.30. The van der Waals surface area contributed by atoms with E-state index in [9.17, 15) is 0 Å². The van der Waals surface area contributed by atoms with Crippen molar-refractivity contribution in [1.82, 2.24) is 0 Å². The van der Waals surface area contributed by atoms with Crippen LogP contribution < -0.4 is 0 Å². The molecule has 0 saturated heterocycles. The van der Waals surface area contributed by atoms with E-state index in [1.54, 1.807) is 5.57 Å². The maximum absolute atomic E-state index is 6.60. The summed E-state index contributed by atoms with van der Waals surface area (Å²) in [6.07, 6.45) is 9.73. The topological polar surface area (TPSA) is 9.23 Å². The summed E-state index contributed by atoms with van der Waals surface area (Å²) in [5.74, 6) is 6.61. The molecular formula is C24H36OSi. The van der Waals surface area contributed by atoms with Crippen LogP contribution in [-0.2, 0) is 4.43 Å². The van der Waals surface area contributed by atoms with E-state index in [4.69, 9.17) is 4.43 Å². The van der Waals surface area contributed by atoms with Crippen LogP contribution in [0.3, 0.4) is 0 Å². The maximum atomic E-state index is 6.60. The minimum atomic E-state index is -1.67. The lowest BCUT2D eigenvalue weighted by Crippen LogP contribution is -2.43.